The van der Waals surface area contributed by atoms with Crippen molar-refractivity contribution >= 4 is 0 Å². The molecule has 0 spiro atoms. The Morgan fingerprint density at radius 3 is 2.11 bits per heavy atom. The molecule has 1 heterocycles. The molecule has 5 heteroatoms. The van der Waals surface area contributed by atoms with Crippen molar-refractivity contribution in [2.45, 2.75) is 27.3 Å². The Hall–Kier alpha value is -1.78. The number of nitrogens with zero attached hydrogens (tertiary/aromatic N) is 2. The highest BCUT2D eigenvalue weighted by Gasteiger charge is 2.17. The molecule has 18 heavy (non-hydrogen) atoms. The summed E-state index contributed by atoms with van der Waals surface area (Å²) < 4.78 is 41.1. The Morgan fingerprint density at radius 2 is 1.67 bits per heavy atom. The van der Waals surface area contributed by atoms with Gasteiger partial charge in [-0.25, -0.2) is 13.2 Å². The third-order valence-corrected chi connectivity index (χ3v) is 2.95. The highest BCUT2D eigenvalue weighted by molar-refractivity contribution is 5.68. The smallest absolute Gasteiger partial charge is 0.194 e. The molecule has 96 valence electrons. The van der Waals surface area contributed by atoms with E-state index in [0.717, 1.165) is 17.8 Å². The quantitative estimate of drug-likeness (QED) is 0.749. The van der Waals surface area contributed by atoms with E-state index in [2.05, 4.69) is 5.10 Å². The summed E-state index contributed by atoms with van der Waals surface area (Å²) in [6.45, 7) is 6.17. The summed E-state index contributed by atoms with van der Waals surface area (Å²) in [6.07, 6.45) is 0. The molecule has 1 aromatic carbocycles. The van der Waals surface area contributed by atoms with Gasteiger partial charge in [-0.15, -0.1) is 0 Å². The van der Waals surface area contributed by atoms with Gasteiger partial charge in [0.1, 0.15) is 0 Å². The second-order valence-corrected chi connectivity index (χ2v) is 4.12. The molecule has 0 N–H and O–H groups in total. The normalized spacial score (nSPS) is 11.0. The van der Waals surface area contributed by atoms with E-state index in [1.807, 2.05) is 13.8 Å². The number of aromatic nitrogens is 2. The summed E-state index contributed by atoms with van der Waals surface area (Å²) in [5, 5.41) is 4.26. The SMILES string of the molecule is CCn1nc(C)c(-c2cc(F)c(F)c(F)c2)c1C. The van der Waals surface area contributed by atoms with Crippen LogP contribution >= 0.6 is 0 Å². The van der Waals surface area contributed by atoms with Crippen LogP contribution in [0.4, 0.5) is 13.2 Å². The van der Waals surface area contributed by atoms with Crippen LogP contribution in [0.5, 0.6) is 0 Å². The zero-order chi connectivity index (χ0) is 13.4. The van der Waals surface area contributed by atoms with Gasteiger partial charge in [-0.05, 0) is 38.5 Å². The highest BCUT2D eigenvalue weighted by atomic mass is 19.2. The fourth-order valence-electron chi connectivity index (χ4n) is 2.12. The van der Waals surface area contributed by atoms with Crippen LogP contribution in [0.1, 0.15) is 18.3 Å². The molecular formula is C13H13F3N2. The molecule has 2 nitrogen and oxygen atoms in total. The van der Waals surface area contributed by atoms with Crippen LogP contribution in [0.2, 0.25) is 0 Å². The van der Waals surface area contributed by atoms with Crippen LogP contribution in [-0.4, -0.2) is 9.78 Å². The van der Waals surface area contributed by atoms with E-state index in [-0.39, 0.29) is 0 Å². The van der Waals surface area contributed by atoms with Crippen molar-refractivity contribution in [3.8, 4) is 11.1 Å². The molecule has 0 saturated heterocycles. The van der Waals surface area contributed by atoms with E-state index in [1.165, 1.54) is 0 Å². The summed E-state index contributed by atoms with van der Waals surface area (Å²) in [4.78, 5) is 0. The predicted molar refractivity (Wildman–Crippen MR) is 62.7 cm³/mol. The van der Waals surface area contributed by atoms with Gasteiger partial charge in [0.25, 0.3) is 0 Å². The first-order valence-corrected chi connectivity index (χ1v) is 5.64. The van der Waals surface area contributed by atoms with Gasteiger partial charge in [0.2, 0.25) is 0 Å². The lowest BCUT2D eigenvalue weighted by Gasteiger charge is -2.05. The fourth-order valence-corrected chi connectivity index (χ4v) is 2.12. The summed E-state index contributed by atoms with van der Waals surface area (Å²) in [5.74, 6) is -3.82. The van der Waals surface area contributed by atoms with E-state index < -0.39 is 17.5 Å². The average Bonchev–Trinajstić information content (AvgIpc) is 2.60. The van der Waals surface area contributed by atoms with Gasteiger partial charge in [-0.3, -0.25) is 4.68 Å². The van der Waals surface area contributed by atoms with Gasteiger partial charge >= 0.3 is 0 Å². The van der Waals surface area contributed by atoms with Crippen LogP contribution in [0.25, 0.3) is 11.1 Å². The first kappa shape index (κ1) is 12.7. The van der Waals surface area contributed by atoms with E-state index in [0.29, 0.717) is 23.4 Å². The molecule has 0 radical (unpaired) electrons. The molecule has 0 bridgehead atoms. The first-order valence-electron chi connectivity index (χ1n) is 5.64. The Balaban J connectivity index is 2.66. The third-order valence-electron chi connectivity index (χ3n) is 2.95. The molecule has 0 aliphatic carbocycles. The lowest BCUT2D eigenvalue weighted by molar-refractivity contribution is 0.447. The predicted octanol–water partition coefficient (Wildman–Crippen LogP) is 3.60. The monoisotopic (exact) mass is 254 g/mol. The van der Waals surface area contributed by atoms with Gasteiger partial charge in [-0.1, -0.05) is 0 Å². The minimum Gasteiger partial charge on any atom is -0.269 e. The summed E-state index contributed by atoms with van der Waals surface area (Å²) in [7, 11) is 0. The van der Waals surface area contributed by atoms with Crippen molar-refractivity contribution in [2.75, 3.05) is 0 Å². The molecule has 1 aromatic heterocycles. The lowest BCUT2D eigenvalue weighted by atomic mass is 10.0. The summed E-state index contributed by atoms with van der Waals surface area (Å²) in [5.41, 5.74) is 2.43. The highest BCUT2D eigenvalue weighted by Crippen LogP contribution is 2.29. The standard InChI is InChI=1S/C13H13F3N2/c1-4-18-8(3)12(7(2)17-18)9-5-10(14)13(16)11(15)6-9/h5-6H,4H2,1-3H3. The molecule has 0 saturated carbocycles. The maximum absolute atomic E-state index is 13.2. The second kappa shape index (κ2) is 4.48. The summed E-state index contributed by atoms with van der Waals surface area (Å²) >= 11 is 0. The van der Waals surface area contributed by atoms with Crippen molar-refractivity contribution in [3.63, 3.8) is 0 Å². The number of hydrogen-bond acceptors (Lipinski definition) is 1. The molecule has 0 aliphatic rings. The van der Waals surface area contributed by atoms with Crippen molar-refractivity contribution in [2.24, 2.45) is 0 Å². The van der Waals surface area contributed by atoms with Crippen LogP contribution in [0.3, 0.4) is 0 Å². The zero-order valence-corrected chi connectivity index (χ0v) is 10.4. The summed E-state index contributed by atoms with van der Waals surface area (Å²) in [6, 6.07) is 1.99. The zero-order valence-electron chi connectivity index (χ0n) is 10.4. The topological polar surface area (TPSA) is 17.8 Å². The second-order valence-electron chi connectivity index (χ2n) is 4.12. The molecule has 0 atom stereocenters. The van der Waals surface area contributed by atoms with Crippen molar-refractivity contribution in [3.05, 3.63) is 41.0 Å². The van der Waals surface area contributed by atoms with E-state index >= 15 is 0 Å². The number of benzene rings is 1. The van der Waals surface area contributed by atoms with Crippen molar-refractivity contribution in [1.29, 1.82) is 0 Å². The van der Waals surface area contributed by atoms with Crippen LogP contribution in [-0.2, 0) is 6.54 Å². The minimum absolute atomic E-state index is 0.307. The molecular weight excluding hydrogens is 241 g/mol. The average molecular weight is 254 g/mol. The lowest BCUT2D eigenvalue weighted by Crippen LogP contribution is -1.99. The molecule has 0 unspecified atom stereocenters. The maximum atomic E-state index is 13.2. The fraction of sp³-hybridized carbons (Fsp3) is 0.308. The largest absolute Gasteiger partial charge is 0.269 e. The Labute approximate surface area is 103 Å². The number of hydrogen-bond donors (Lipinski definition) is 0. The van der Waals surface area contributed by atoms with Crippen molar-refractivity contribution < 1.29 is 13.2 Å². The van der Waals surface area contributed by atoms with Crippen LogP contribution < -0.4 is 0 Å². The van der Waals surface area contributed by atoms with Gasteiger partial charge in [0.05, 0.1) is 5.69 Å². The number of halogens is 3. The van der Waals surface area contributed by atoms with E-state index in [9.17, 15) is 13.2 Å². The first-order chi connectivity index (χ1) is 8.45. The Bertz CT molecular complexity index is 580. The Morgan fingerprint density at radius 1 is 1.11 bits per heavy atom. The molecule has 0 fully saturated rings. The Kier molecular flexibility index (Phi) is 3.15. The van der Waals surface area contributed by atoms with Gasteiger partial charge in [0, 0.05) is 17.8 Å². The molecule has 2 aromatic rings. The maximum Gasteiger partial charge on any atom is 0.194 e. The molecule has 2 rings (SSSR count). The molecule has 0 amide bonds. The van der Waals surface area contributed by atoms with Crippen LogP contribution in [0.15, 0.2) is 12.1 Å². The van der Waals surface area contributed by atoms with Gasteiger partial charge in [-0.2, -0.15) is 5.10 Å². The van der Waals surface area contributed by atoms with Crippen molar-refractivity contribution in [1.82, 2.24) is 9.78 Å². The number of rotatable bonds is 2. The van der Waals surface area contributed by atoms with Crippen LogP contribution in [0, 0.1) is 31.3 Å². The third kappa shape index (κ3) is 1.89. The molecule has 0 aliphatic heterocycles. The van der Waals surface area contributed by atoms with E-state index in [4.69, 9.17) is 0 Å². The van der Waals surface area contributed by atoms with E-state index in [1.54, 1.807) is 11.6 Å². The minimum atomic E-state index is -1.45. The number of aryl methyl sites for hydroxylation is 2. The van der Waals surface area contributed by atoms with Gasteiger partial charge < -0.3 is 0 Å². The van der Waals surface area contributed by atoms with Gasteiger partial charge in [0.15, 0.2) is 17.5 Å².